The highest BCUT2D eigenvalue weighted by Gasteiger charge is 2.03. The molecular weight excluding hydrogens is 188 g/mol. The number of thiol groups is 1. The van der Waals surface area contributed by atoms with Gasteiger partial charge in [0.2, 0.25) is 0 Å². The van der Waals surface area contributed by atoms with Gasteiger partial charge in [-0.05, 0) is 18.9 Å². The Morgan fingerprint density at radius 3 is 2.46 bits per heavy atom. The van der Waals surface area contributed by atoms with Gasteiger partial charge in [0.25, 0.3) is 11.0 Å². The van der Waals surface area contributed by atoms with E-state index in [2.05, 4.69) is 4.18 Å². The van der Waals surface area contributed by atoms with Gasteiger partial charge >= 0.3 is 0 Å². The molecule has 0 aliphatic carbocycles. The van der Waals surface area contributed by atoms with E-state index in [0.29, 0.717) is 6.42 Å². The Hall–Kier alpha value is -0.870. The SMILES string of the molecule is CC(Cc1ccccc1)O[SH](=O)=O. The Morgan fingerprint density at radius 1 is 1.31 bits per heavy atom. The van der Waals surface area contributed by atoms with Crippen LogP contribution in [0.4, 0.5) is 0 Å². The molecule has 13 heavy (non-hydrogen) atoms. The minimum Gasteiger partial charge on any atom is -0.269 e. The summed E-state index contributed by atoms with van der Waals surface area (Å²) >= 11 is 0. The third-order valence-corrected chi connectivity index (χ3v) is 2.16. The van der Waals surface area contributed by atoms with Crippen LogP contribution in [0.25, 0.3) is 0 Å². The number of benzene rings is 1. The van der Waals surface area contributed by atoms with Crippen molar-refractivity contribution in [2.45, 2.75) is 19.4 Å². The van der Waals surface area contributed by atoms with Crippen molar-refractivity contribution in [3.05, 3.63) is 35.9 Å². The Bertz CT molecular complexity index is 311. The lowest BCUT2D eigenvalue weighted by Crippen LogP contribution is -2.10. The highest BCUT2D eigenvalue weighted by Crippen LogP contribution is 2.05. The van der Waals surface area contributed by atoms with Gasteiger partial charge in [0.15, 0.2) is 0 Å². The molecule has 0 aromatic heterocycles. The molecule has 1 atom stereocenters. The molecule has 0 aliphatic heterocycles. The first kappa shape index (κ1) is 10.2. The number of rotatable bonds is 4. The maximum atomic E-state index is 10.2. The Balaban J connectivity index is 2.50. The largest absolute Gasteiger partial charge is 0.269 e. The fourth-order valence-corrected chi connectivity index (χ4v) is 1.50. The Labute approximate surface area is 79.5 Å². The highest BCUT2D eigenvalue weighted by atomic mass is 32.2. The molecule has 0 saturated carbocycles. The van der Waals surface area contributed by atoms with E-state index in [0.717, 1.165) is 5.56 Å². The normalized spacial score (nSPS) is 13.1. The fourth-order valence-electron chi connectivity index (χ4n) is 1.13. The molecule has 0 amide bonds. The average Bonchev–Trinajstić information content (AvgIpc) is 2.04. The molecule has 1 aromatic carbocycles. The van der Waals surface area contributed by atoms with Gasteiger partial charge in [-0.3, -0.25) is 4.18 Å². The summed E-state index contributed by atoms with van der Waals surface area (Å²) in [6.45, 7) is 1.73. The minimum absolute atomic E-state index is 0.288. The molecule has 1 unspecified atom stereocenters. The van der Waals surface area contributed by atoms with Crippen LogP contribution in [0.3, 0.4) is 0 Å². The van der Waals surface area contributed by atoms with E-state index in [1.165, 1.54) is 0 Å². The fraction of sp³-hybridized carbons (Fsp3) is 0.333. The highest BCUT2D eigenvalue weighted by molar-refractivity contribution is 7.67. The van der Waals surface area contributed by atoms with Crippen LogP contribution < -0.4 is 0 Å². The molecule has 1 rings (SSSR count). The maximum Gasteiger partial charge on any atom is 0.257 e. The smallest absolute Gasteiger partial charge is 0.257 e. The molecule has 0 aliphatic rings. The molecular formula is C9H12O3S. The minimum atomic E-state index is -2.74. The van der Waals surface area contributed by atoms with Gasteiger partial charge in [0.1, 0.15) is 0 Å². The first-order chi connectivity index (χ1) is 6.18. The van der Waals surface area contributed by atoms with Crippen molar-refractivity contribution in [1.29, 1.82) is 0 Å². The Kier molecular flexibility index (Phi) is 3.92. The van der Waals surface area contributed by atoms with Crippen molar-refractivity contribution < 1.29 is 12.6 Å². The second-order valence-electron chi connectivity index (χ2n) is 2.83. The van der Waals surface area contributed by atoms with Crippen LogP contribution in [0.15, 0.2) is 30.3 Å². The lowest BCUT2D eigenvalue weighted by atomic mass is 10.1. The standard InChI is InChI=1S/C9H12O3S/c1-8(12-13(10)11)7-9-5-3-2-4-6-9/h2-6,8,13H,7H2,1H3. The summed E-state index contributed by atoms with van der Waals surface area (Å²) < 4.78 is 25.0. The summed E-state index contributed by atoms with van der Waals surface area (Å²) in [4.78, 5) is 0. The first-order valence-electron chi connectivity index (χ1n) is 4.03. The summed E-state index contributed by atoms with van der Waals surface area (Å²) in [7, 11) is -2.74. The summed E-state index contributed by atoms with van der Waals surface area (Å²) in [5, 5.41) is 0. The van der Waals surface area contributed by atoms with Crippen LogP contribution in [0.5, 0.6) is 0 Å². The monoisotopic (exact) mass is 200 g/mol. The zero-order chi connectivity index (χ0) is 9.68. The van der Waals surface area contributed by atoms with Crippen molar-refractivity contribution in [2.24, 2.45) is 0 Å². The molecule has 0 N–H and O–H groups in total. The first-order valence-corrected chi connectivity index (χ1v) is 5.13. The van der Waals surface area contributed by atoms with E-state index in [-0.39, 0.29) is 6.10 Å². The van der Waals surface area contributed by atoms with Crippen molar-refractivity contribution in [3.8, 4) is 0 Å². The van der Waals surface area contributed by atoms with Crippen LogP contribution in [0.1, 0.15) is 12.5 Å². The van der Waals surface area contributed by atoms with Crippen molar-refractivity contribution in [2.75, 3.05) is 0 Å². The predicted octanol–water partition coefficient (Wildman–Crippen LogP) is 1.16. The maximum absolute atomic E-state index is 10.2. The summed E-state index contributed by atoms with van der Waals surface area (Å²) in [6.07, 6.45) is 0.327. The summed E-state index contributed by atoms with van der Waals surface area (Å²) in [6, 6.07) is 9.64. The Morgan fingerprint density at radius 2 is 1.92 bits per heavy atom. The van der Waals surface area contributed by atoms with Crippen LogP contribution in [-0.4, -0.2) is 14.5 Å². The van der Waals surface area contributed by atoms with Crippen LogP contribution in [0, 0.1) is 0 Å². The van der Waals surface area contributed by atoms with E-state index < -0.39 is 11.0 Å². The van der Waals surface area contributed by atoms with Gasteiger partial charge in [-0.1, -0.05) is 30.3 Å². The van der Waals surface area contributed by atoms with E-state index in [9.17, 15) is 8.42 Å². The molecule has 3 nitrogen and oxygen atoms in total. The quantitative estimate of drug-likeness (QED) is 0.742. The van der Waals surface area contributed by atoms with E-state index in [4.69, 9.17) is 0 Å². The van der Waals surface area contributed by atoms with Crippen LogP contribution >= 0.6 is 0 Å². The molecule has 4 heteroatoms. The van der Waals surface area contributed by atoms with Gasteiger partial charge in [-0.2, -0.15) is 0 Å². The zero-order valence-corrected chi connectivity index (χ0v) is 8.24. The van der Waals surface area contributed by atoms with Crippen molar-refractivity contribution in [1.82, 2.24) is 0 Å². The van der Waals surface area contributed by atoms with Gasteiger partial charge in [0.05, 0.1) is 6.10 Å². The van der Waals surface area contributed by atoms with E-state index >= 15 is 0 Å². The van der Waals surface area contributed by atoms with E-state index in [1.807, 2.05) is 30.3 Å². The molecule has 72 valence electrons. The third kappa shape index (κ3) is 4.05. The van der Waals surface area contributed by atoms with Crippen LogP contribution in [-0.2, 0) is 21.6 Å². The average molecular weight is 200 g/mol. The predicted molar refractivity (Wildman–Crippen MR) is 51.0 cm³/mol. The second kappa shape index (κ2) is 4.99. The molecule has 0 fully saturated rings. The lowest BCUT2D eigenvalue weighted by molar-refractivity contribution is 0.240. The van der Waals surface area contributed by atoms with Gasteiger partial charge < -0.3 is 0 Å². The third-order valence-electron chi connectivity index (χ3n) is 1.63. The number of hydrogen-bond donors (Lipinski definition) is 1. The topological polar surface area (TPSA) is 43.4 Å². The van der Waals surface area contributed by atoms with Crippen molar-refractivity contribution in [3.63, 3.8) is 0 Å². The molecule has 0 bridgehead atoms. The van der Waals surface area contributed by atoms with Gasteiger partial charge in [0, 0.05) is 0 Å². The van der Waals surface area contributed by atoms with Gasteiger partial charge in [-0.25, -0.2) is 8.42 Å². The molecule has 0 spiro atoms. The van der Waals surface area contributed by atoms with E-state index in [1.54, 1.807) is 6.92 Å². The summed E-state index contributed by atoms with van der Waals surface area (Å²) in [5.41, 5.74) is 1.08. The molecule has 0 saturated heterocycles. The lowest BCUT2D eigenvalue weighted by Gasteiger charge is -2.06. The molecule has 0 radical (unpaired) electrons. The second-order valence-corrected chi connectivity index (χ2v) is 3.49. The molecule has 1 aromatic rings. The van der Waals surface area contributed by atoms with Crippen molar-refractivity contribution >= 4 is 11.0 Å². The summed E-state index contributed by atoms with van der Waals surface area (Å²) in [5.74, 6) is 0. The van der Waals surface area contributed by atoms with Gasteiger partial charge in [-0.15, -0.1) is 0 Å². The van der Waals surface area contributed by atoms with Crippen LogP contribution in [0.2, 0.25) is 0 Å². The zero-order valence-electron chi connectivity index (χ0n) is 7.34. The number of hydrogen-bond acceptors (Lipinski definition) is 3. The molecule has 0 heterocycles.